The van der Waals surface area contributed by atoms with Crippen LogP contribution >= 0.6 is 28.7 Å². The zero-order valence-electron chi connectivity index (χ0n) is 16.4. The van der Waals surface area contributed by atoms with Crippen molar-refractivity contribution in [2.24, 2.45) is 0 Å². The van der Waals surface area contributed by atoms with Gasteiger partial charge in [-0.1, -0.05) is 18.2 Å². The van der Waals surface area contributed by atoms with Crippen LogP contribution in [-0.4, -0.2) is 31.1 Å². The van der Waals surface area contributed by atoms with E-state index in [-0.39, 0.29) is 22.7 Å². The minimum absolute atomic E-state index is 0. The van der Waals surface area contributed by atoms with Crippen molar-refractivity contribution in [3.8, 4) is 6.07 Å². The van der Waals surface area contributed by atoms with Gasteiger partial charge in [0.2, 0.25) is 0 Å². The Balaban J connectivity index is 0.00000256. The largest absolute Gasteiger partial charge is 0.334 e. The van der Waals surface area contributed by atoms with Gasteiger partial charge in [-0.25, -0.2) is 0 Å². The Hall–Kier alpha value is -2.64. The van der Waals surface area contributed by atoms with Gasteiger partial charge in [0.1, 0.15) is 22.5 Å². The number of halogens is 1. The number of nitro groups is 1. The van der Waals surface area contributed by atoms with Crippen LogP contribution in [0.15, 0.2) is 34.7 Å². The minimum atomic E-state index is -0.407. The molecule has 0 fully saturated rings. The summed E-state index contributed by atoms with van der Waals surface area (Å²) in [5, 5.41) is 32.4. The fourth-order valence-corrected chi connectivity index (χ4v) is 4.79. The zero-order chi connectivity index (χ0) is 20.4. The van der Waals surface area contributed by atoms with E-state index >= 15 is 0 Å². The number of fused-ring (bicyclic) bond motifs is 1. The number of aryl methyl sites for hydroxylation is 1. The summed E-state index contributed by atoms with van der Waals surface area (Å²) < 4.78 is 2.08. The molecule has 10 heteroatoms. The molecule has 1 aromatic heterocycles. The molecule has 30 heavy (non-hydrogen) atoms. The number of rotatable bonds is 4. The second kappa shape index (κ2) is 9.45. The van der Waals surface area contributed by atoms with E-state index in [2.05, 4.69) is 25.7 Å². The Morgan fingerprint density at radius 3 is 2.70 bits per heavy atom. The van der Waals surface area contributed by atoms with Gasteiger partial charge in [0, 0.05) is 37.1 Å². The predicted octanol–water partition coefficient (Wildman–Crippen LogP) is 4.75. The molecular formula is C20H21BrN6O2S. The maximum atomic E-state index is 10.9. The molecule has 0 radical (unpaired) electrons. The average molecular weight is 489 g/mol. The fraction of sp³-hybridized carbons (Fsp3) is 0.350. The number of hydrogen-bond acceptors (Lipinski definition) is 7. The van der Waals surface area contributed by atoms with Crippen molar-refractivity contribution in [2.45, 2.75) is 39.2 Å². The molecule has 0 spiro atoms. The smallest absolute Gasteiger partial charge is 0.269 e. The summed E-state index contributed by atoms with van der Waals surface area (Å²) in [6, 6.07) is 8.83. The Morgan fingerprint density at radius 1 is 1.27 bits per heavy atom. The molecule has 1 aromatic carbocycles. The molecule has 0 bridgehead atoms. The first-order chi connectivity index (χ1) is 14.1. The van der Waals surface area contributed by atoms with Gasteiger partial charge in [0.15, 0.2) is 5.82 Å². The Bertz CT molecular complexity index is 1050. The summed E-state index contributed by atoms with van der Waals surface area (Å²) in [4.78, 5) is 12.6. The lowest BCUT2D eigenvalue weighted by atomic mass is 10.1. The van der Waals surface area contributed by atoms with Crippen LogP contribution in [0.3, 0.4) is 0 Å². The molecule has 156 valence electrons. The first-order valence-corrected chi connectivity index (χ1v) is 10.5. The van der Waals surface area contributed by atoms with Crippen LogP contribution in [0.4, 0.5) is 5.69 Å². The molecule has 3 heterocycles. The van der Waals surface area contributed by atoms with Crippen molar-refractivity contribution in [2.75, 3.05) is 6.54 Å². The molecule has 0 atom stereocenters. The lowest BCUT2D eigenvalue weighted by molar-refractivity contribution is -0.384. The maximum absolute atomic E-state index is 10.9. The molecule has 0 unspecified atom stereocenters. The number of thioether (sulfide) groups is 1. The van der Waals surface area contributed by atoms with Gasteiger partial charge >= 0.3 is 0 Å². The van der Waals surface area contributed by atoms with E-state index in [1.54, 1.807) is 12.1 Å². The molecule has 0 aliphatic carbocycles. The van der Waals surface area contributed by atoms with E-state index < -0.39 is 4.92 Å². The Morgan fingerprint density at radius 2 is 2.03 bits per heavy atom. The third kappa shape index (κ3) is 4.00. The highest BCUT2D eigenvalue weighted by molar-refractivity contribution is 8.93. The third-order valence-corrected chi connectivity index (χ3v) is 6.16. The van der Waals surface area contributed by atoms with Crippen LogP contribution in [0.25, 0.3) is 11.3 Å². The lowest BCUT2D eigenvalue weighted by Crippen LogP contribution is -2.18. The van der Waals surface area contributed by atoms with Gasteiger partial charge in [-0.2, -0.15) is 5.26 Å². The quantitative estimate of drug-likeness (QED) is 0.347. The van der Waals surface area contributed by atoms with Crippen molar-refractivity contribution in [3.63, 3.8) is 0 Å². The molecule has 2 aromatic rings. The minimum Gasteiger partial charge on any atom is -0.334 e. The number of nitrogens with zero attached hydrogens (tertiary/aromatic N) is 6. The van der Waals surface area contributed by atoms with Gasteiger partial charge in [0.05, 0.1) is 10.6 Å². The van der Waals surface area contributed by atoms with Crippen molar-refractivity contribution >= 4 is 45.7 Å². The molecule has 0 saturated carbocycles. The van der Waals surface area contributed by atoms with Crippen molar-refractivity contribution in [1.29, 1.82) is 5.26 Å². The fourth-order valence-electron chi connectivity index (χ4n) is 3.70. The summed E-state index contributed by atoms with van der Waals surface area (Å²) in [5.41, 5.74) is 2.37. The SMILES string of the molecule is Br.CCN1C(c2ccc([N+](=O)[O-])cc2)=CS/C1=C(/C#N)c1nnc2n1CCCCC2. The number of allylic oxidation sites excluding steroid dienone is 1. The topological polar surface area (TPSA) is 101 Å². The summed E-state index contributed by atoms with van der Waals surface area (Å²) >= 11 is 1.48. The van der Waals surface area contributed by atoms with E-state index in [9.17, 15) is 15.4 Å². The van der Waals surface area contributed by atoms with E-state index in [0.717, 1.165) is 54.3 Å². The average Bonchev–Trinajstić information content (AvgIpc) is 3.26. The van der Waals surface area contributed by atoms with Gasteiger partial charge < -0.3 is 9.47 Å². The molecule has 0 N–H and O–H groups in total. The summed E-state index contributed by atoms with van der Waals surface area (Å²) in [6.07, 6.45) is 4.20. The zero-order valence-corrected chi connectivity index (χ0v) is 19.0. The predicted molar refractivity (Wildman–Crippen MR) is 121 cm³/mol. The molecule has 4 rings (SSSR count). The van der Waals surface area contributed by atoms with E-state index in [0.29, 0.717) is 17.9 Å². The number of hydrogen-bond donors (Lipinski definition) is 0. The monoisotopic (exact) mass is 488 g/mol. The molecule has 0 amide bonds. The van der Waals surface area contributed by atoms with Gasteiger partial charge in [-0.3, -0.25) is 10.1 Å². The molecule has 2 aliphatic heterocycles. The number of non-ortho nitro benzene ring substituents is 1. The highest BCUT2D eigenvalue weighted by atomic mass is 79.9. The number of nitro benzene ring substituents is 1. The number of nitriles is 1. The van der Waals surface area contributed by atoms with Gasteiger partial charge in [-0.05, 0) is 37.5 Å². The van der Waals surface area contributed by atoms with Crippen LogP contribution in [-0.2, 0) is 13.0 Å². The molecular weight excluding hydrogens is 468 g/mol. The normalized spacial score (nSPS) is 17.3. The van der Waals surface area contributed by atoms with Crippen LogP contribution < -0.4 is 0 Å². The van der Waals surface area contributed by atoms with Gasteiger partial charge in [0.25, 0.3) is 5.69 Å². The highest BCUT2D eigenvalue weighted by Gasteiger charge is 2.28. The summed E-state index contributed by atoms with van der Waals surface area (Å²) in [5.74, 6) is 1.57. The Kier molecular flexibility index (Phi) is 6.95. The second-order valence-corrected chi connectivity index (χ2v) is 7.72. The summed E-state index contributed by atoms with van der Waals surface area (Å²) in [6.45, 7) is 3.51. The number of aromatic nitrogens is 3. The number of benzene rings is 1. The van der Waals surface area contributed by atoms with Crippen LogP contribution in [0.2, 0.25) is 0 Å². The van der Waals surface area contributed by atoms with Crippen LogP contribution in [0, 0.1) is 21.4 Å². The summed E-state index contributed by atoms with van der Waals surface area (Å²) in [7, 11) is 0. The van der Waals surface area contributed by atoms with Crippen molar-refractivity contribution < 1.29 is 4.92 Å². The standard InChI is InChI=1S/C20H20N6O2S.BrH/c1-2-24-17(14-7-9-15(10-8-14)26(27)28)13-29-20(24)16(12-21)19-23-22-18-6-4-3-5-11-25(18)19;/h7-10,13H,2-6,11H2,1H3;1H/b20-16-;. The second-order valence-electron chi connectivity index (χ2n) is 6.86. The van der Waals surface area contributed by atoms with Gasteiger partial charge in [-0.15, -0.1) is 27.2 Å². The van der Waals surface area contributed by atoms with Crippen LogP contribution in [0.1, 0.15) is 43.4 Å². The lowest BCUT2D eigenvalue weighted by Gasteiger charge is -2.22. The van der Waals surface area contributed by atoms with Crippen molar-refractivity contribution in [1.82, 2.24) is 19.7 Å². The Labute approximate surface area is 189 Å². The highest BCUT2D eigenvalue weighted by Crippen LogP contribution is 2.43. The van der Waals surface area contributed by atoms with E-state index in [1.807, 2.05) is 12.3 Å². The third-order valence-electron chi connectivity index (χ3n) is 5.17. The molecule has 0 saturated heterocycles. The van der Waals surface area contributed by atoms with Crippen molar-refractivity contribution in [3.05, 3.63) is 62.0 Å². The molecule has 8 nitrogen and oxygen atoms in total. The molecule has 2 aliphatic rings. The van der Waals surface area contributed by atoms with E-state index in [1.165, 1.54) is 23.9 Å². The first kappa shape index (κ1) is 22.1. The first-order valence-electron chi connectivity index (χ1n) is 9.60. The van der Waals surface area contributed by atoms with Crippen LogP contribution in [0.5, 0.6) is 0 Å². The maximum Gasteiger partial charge on any atom is 0.269 e. The van der Waals surface area contributed by atoms with E-state index in [4.69, 9.17) is 0 Å².